The molecule has 0 aliphatic carbocycles. The van der Waals surface area contributed by atoms with Gasteiger partial charge in [-0.2, -0.15) is 0 Å². The smallest absolute Gasteiger partial charge is 0.273 e. The van der Waals surface area contributed by atoms with Crippen molar-refractivity contribution in [2.24, 2.45) is 0 Å². The van der Waals surface area contributed by atoms with Crippen LogP contribution in [0.4, 0.5) is 0 Å². The summed E-state index contributed by atoms with van der Waals surface area (Å²) < 4.78 is 15.9. The number of hydrogen-bond acceptors (Lipinski definition) is 7. The minimum absolute atomic E-state index is 0.134. The first-order valence-electron chi connectivity index (χ1n) is 8.17. The third-order valence-electron chi connectivity index (χ3n) is 3.74. The molecule has 9 nitrogen and oxygen atoms in total. The van der Waals surface area contributed by atoms with E-state index in [1.165, 1.54) is 21.3 Å². The summed E-state index contributed by atoms with van der Waals surface area (Å²) in [5.41, 5.74) is 0.314. The lowest BCUT2D eigenvalue weighted by Crippen LogP contribution is -2.25. The van der Waals surface area contributed by atoms with Gasteiger partial charge in [-0.1, -0.05) is 6.08 Å². The molecule has 0 spiro atoms. The van der Waals surface area contributed by atoms with Gasteiger partial charge in [0, 0.05) is 24.9 Å². The molecule has 1 heterocycles. The normalized spacial score (nSPS) is 10.2. The summed E-state index contributed by atoms with van der Waals surface area (Å²) in [5, 5.41) is 10.6. The van der Waals surface area contributed by atoms with Gasteiger partial charge in [-0.15, -0.1) is 16.8 Å². The molecule has 27 heavy (non-hydrogen) atoms. The Hall–Kier alpha value is -3.36. The molecule has 0 radical (unpaired) electrons. The number of ether oxygens (including phenoxy) is 3. The number of carbonyl (C=O) groups excluding carboxylic acids is 1. The Morgan fingerprint density at radius 2 is 1.85 bits per heavy atom. The SMILES string of the molecule is C=CCNC(=O)CCc1nnc(-c2cc(OC)c(OC)c(OC)c2)[nH]c1=O. The summed E-state index contributed by atoms with van der Waals surface area (Å²) in [6.07, 6.45) is 1.90. The van der Waals surface area contributed by atoms with Gasteiger partial charge in [0.15, 0.2) is 17.3 Å². The van der Waals surface area contributed by atoms with Crippen LogP contribution in [0.2, 0.25) is 0 Å². The molecule has 0 bridgehead atoms. The van der Waals surface area contributed by atoms with Crippen LogP contribution >= 0.6 is 0 Å². The van der Waals surface area contributed by atoms with E-state index in [1.54, 1.807) is 18.2 Å². The van der Waals surface area contributed by atoms with Crippen LogP contribution in [-0.4, -0.2) is 49.0 Å². The quantitative estimate of drug-likeness (QED) is 0.631. The van der Waals surface area contributed by atoms with Crippen molar-refractivity contribution < 1.29 is 19.0 Å². The molecule has 2 aromatic rings. The predicted octanol–water partition coefficient (Wildman–Crippen LogP) is 1.09. The van der Waals surface area contributed by atoms with Crippen molar-refractivity contribution in [3.8, 4) is 28.6 Å². The number of hydrogen-bond donors (Lipinski definition) is 2. The molecule has 0 saturated carbocycles. The molecule has 0 aliphatic rings. The number of amides is 1. The summed E-state index contributed by atoms with van der Waals surface area (Å²) in [4.78, 5) is 26.6. The van der Waals surface area contributed by atoms with E-state index in [0.717, 1.165) is 0 Å². The molecule has 1 aromatic carbocycles. The standard InChI is InChI=1S/C18H22N4O5/c1-5-8-19-15(23)7-6-12-18(24)20-17(22-21-12)11-9-13(25-2)16(27-4)14(10-11)26-3/h5,9-10H,1,6-8H2,2-4H3,(H,19,23)(H,20,22,24). The van der Waals surface area contributed by atoms with Gasteiger partial charge in [0.2, 0.25) is 11.7 Å². The van der Waals surface area contributed by atoms with Crippen LogP contribution in [0.5, 0.6) is 17.2 Å². The van der Waals surface area contributed by atoms with Gasteiger partial charge in [-0.25, -0.2) is 0 Å². The Morgan fingerprint density at radius 3 is 2.37 bits per heavy atom. The molecule has 1 amide bonds. The van der Waals surface area contributed by atoms with Gasteiger partial charge in [0.25, 0.3) is 5.56 Å². The molecule has 144 valence electrons. The number of nitrogens with zero attached hydrogens (tertiary/aromatic N) is 2. The number of rotatable bonds is 9. The first-order valence-corrected chi connectivity index (χ1v) is 8.17. The summed E-state index contributed by atoms with van der Waals surface area (Å²) in [5.74, 6) is 1.35. The zero-order valence-electron chi connectivity index (χ0n) is 15.5. The summed E-state index contributed by atoms with van der Waals surface area (Å²) in [7, 11) is 4.49. The van der Waals surface area contributed by atoms with E-state index >= 15 is 0 Å². The van der Waals surface area contributed by atoms with Crippen LogP contribution in [0.25, 0.3) is 11.4 Å². The third-order valence-corrected chi connectivity index (χ3v) is 3.74. The van der Waals surface area contributed by atoms with E-state index in [1.807, 2.05) is 0 Å². The largest absolute Gasteiger partial charge is 0.493 e. The average Bonchev–Trinajstić information content (AvgIpc) is 2.69. The second-order valence-electron chi connectivity index (χ2n) is 5.46. The lowest BCUT2D eigenvalue weighted by atomic mass is 10.1. The van der Waals surface area contributed by atoms with Crippen molar-refractivity contribution in [2.75, 3.05) is 27.9 Å². The first-order chi connectivity index (χ1) is 13.0. The average molecular weight is 374 g/mol. The molecule has 9 heteroatoms. The highest BCUT2D eigenvalue weighted by Crippen LogP contribution is 2.40. The van der Waals surface area contributed by atoms with Crippen LogP contribution in [0.15, 0.2) is 29.6 Å². The van der Waals surface area contributed by atoms with Gasteiger partial charge in [-0.3, -0.25) is 9.59 Å². The van der Waals surface area contributed by atoms with E-state index < -0.39 is 5.56 Å². The van der Waals surface area contributed by atoms with Gasteiger partial charge in [-0.05, 0) is 12.1 Å². The monoisotopic (exact) mass is 374 g/mol. The van der Waals surface area contributed by atoms with Crippen LogP contribution in [0.1, 0.15) is 12.1 Å². The summed E-state index contributed by atoms with van der Waals surface area (Å²) in [6, 6.07) is 3.31. The van der Waals surface area contributed by atoms with Gasteiger partial charge in [0.05, 0.1) is 21.3 Å². The maximum atomic E-state index is 12.3. The van der Waals surface area contributed by atoms with E-state index in [4.69, 9.17) is 14.2 Å². The number of nitrogens with one attached hydrogen (secondary N) is 2. The molecule has 0 unspecified atom stereocenters. The topological polar surface area (TPSA) is 115 Å². The van der Waals surface area contributed by atoms with E-state index in [9.17, 15) is 9.59 Å². The molecule has 1 aromatic heterocycles. The van der Waals surface area contributed by atoms with Crippen molar-refractivity contribution in [3.05, 3.63) is 40.8 Å². The molecule has 0 aliphatic heterocycles. The van der Waals surface area contributed by atoms with Crippen molar-refractivity contribution in [1.29, 1.82) is 0 Å². The Balaban J connectivity index is 2.26. The summed E-state index contributed by atoms with van der Waals surface area (Å²) >= 11 is 0. The fourth-order valence-corrected chi connectivity index (χ4v) is 2.38. The maximum absolute atomic E-state index is 12.3. The number of methoxy groups -OCH3 is 3. The second kappa shape index (κ2) is 9.37. The number of aromatic amines is 1. The van der Waals surface area contributed by atoms with Crippen molar-refractivity contribution in [3.63, 3.8) is 0 Å². The highest BCUT2D eigenvalue weighted by Gasteiger charge is 2.16. The van der Waals surface area contributed by atoms with Gasteiger partial charge in [0.1, 0.15) is 5.69 Å². The van der Waals surface area contributed by atoms with E-state index in [0.29, 0.717) is 29.4 Å². The minimum Gasteiger partial charge on any atom is -0.493 e. The number of carbonyl (C=O) groups is 1. The Morgan fingerprint density at radius 1 is 1.19 bits per heavy atom. The Bertz CT molecular complexity index is 853. The lowest BCUT2D eigenvalue weighted by molar-refractivity contribution is -0.120. The van der Waals surface area contributed by atoms with Crippen LogP contribution in [-0.2, 0) is 11.2 Å². The van der Waals surface area contributed by atoms with Crippen molar-refractivity contribution in [2.45, 2.75) is 12.8 Å². The van der Waals surface area contributed by atoms with Crippen LogP contribution in [0.3, 0.4) is 0 Å². The lowest BCUT2D eigenvalue weighted by Gasteiger charge is -2.13. The number of aryl methyl sites for hydroxylation is 1. The highest BCUT2D eigenvalue weighted by atomic mass is 16.5. The molecule has 2 rings (SSSR count). The molecular weight excluding hydrogens is 352 g/mol. The number of aromatic nitrogens is 3. The van der Waals surface area contributed by atoms with Gasteiger partial charge < -0.3 is 24.5 Å². The maximum Gasteiger partial charge on any atom is 0.273 e. The third kappa shape index (κ3) is 4.84. The number of benzene rings is 1. The minimum atomic E-state index is -0.412. The first kappa shape index (κ1) is 20.0. The zero-order valence-corrected chi connectivity index (χ0v) is 15.5. The zero-order chi connectivity index (χ0) is 19.8. The van der Waals surface area contributed by atoms with Crippen molar-refractivity contribution in [1.82, 2.24) is 20.5 Å². The van der Waals surface area contributed by atoms with Crippen LogP contribution in [0, 0.1) is 0 Å². The molecule has 2 N–H and O–H groups in total. The predicted molar refractivity (Wildman–Crippen MR) is 99.3 cm³/mol. The van der Waals surface area contributed by atoms with Gasteiger partial charge >= 0.3 is 0 Å². The molecule has 0 atom stereocenters. The molecule has 0 saturated heterocycles. The number of H-pyrrole nitrogens is 1. The highest BCUT2D eigenvalue weighted by molar-refractivity contribution is 5.76. The Labute approximate surface area is 156 Å². The summed E-state index contributed by atoms with van der Waals surface area (Å²) in [6.45, 7) is 3.90. The van der Waals surface area contributed by atoms with E-state index in [-0.39, 0.29) is 30.3 Å². The fraction of sp³-hybridized carbons (Fsp3) is 0.333. The van der Waals surface area contributed by atoms with Crippen LogP contribution < -0.4 is 25.1 Å². The molecule has 0 fully saturated rings. The van der Waals surface area contributed by atoms with Crippen molar-refractivity contribution >= 4 is 5.91 Å². The Kier molecular flexibility index (Phi) is 6.93. The molecular formula is C18H22N4O5. The van der Waals surface area contributed by atoms with E-state index in [2.05, 4.69) is 27.1 Å². The second-order valence-corrected chi connectivity index (χ2v) is 5.46. The fourth-order valence-electron chi connectivity index (χ4n) is 2.38.